The molecular formula is C28H32Cl2O4S2. The van der Waals surface area contributed by atoms with Crippen LogP contribution in [-0.2, 0) is 14.3 Å². The van der Waals surface area contributed by atoms with Gasteiger partial charge in [0.1, 0.15) is 5.75 Å². The van der Waals surface area contributed by atoms with Crippen LogP contribution in [0.5, 0.6) is 0 Å². The number of aliphatic carboxylic acids is 2. The average molecular weight is 568 g/mol. The Hall–Kier alpha value is -1.34. The summed E-state index contributed by atoms with van der Waals surface area (Å²) in [6.07, 6.45) is 11.5. The van der Waals surface area contributed by atoms with Gasteiger partial charge in [-0.1, -0.05) is 108 Å². The van der Waals surface area contributed by atoms with Crippen molar-refractivity contribution in [3.63, 3.8) is 0 Å². The van der Waals surface area contributed by atoms with Crippen LogP contribution < -0.4 is 0 Å². The Balaban J connectivity index is 1.76. The van der Waals surface area contributed by atoms with Gasteiger partial charge in [-0.3, -0.25) is 4.79 Å². The van der Waals surface area contributed by atoms with Crippen molar-refractivity contribution in [2.24, 2.45) is 0 Å². The molecule has 36 heavy (non-hydrogen) atoms. The minimum absolute atomic E-state index is 0.221. The molecule has 2 N–H and O–H groups in total. The first-order chi connectivity index (χ1) is 17.3. The number of halogens is 2. The summed E-state index contributed by atoms with van der Waals surface area (Å²) in [4.78, 5) is 24.3. The summed E-state index contributed by atoms with van der Waals surface area (Å²) in [5.41, 5.74) is 3.16. The van der Waals surface area contributed by atoms with Gasteiger partial charge in [0.2, 0.25) is 0 Å². The molecule has 2 aromatic carbocycles. The van der Waals surface area contributed by atoms with Gasteiger partial charge in [0, 0.05) is 10.0 Å². The van der Waals surface area contributed by atoms with Crippen LogP contribution in [0.4, 0.5) is 0 Å². The van der Waals surface area contributed by atoms with Gasteiger partial charge in [0.05, 0.1) is 0 Å². The molecule has 2 saturated carbocycles. The van der Waals surface area contributed by atoms with Crippen molar-refractivity contribution in [3.8, 4) is 0 Å². The van der Waals surface area contributed by atoms with Crippen LogP contribution in [-0.4, -0.2) is 27.9 Å². The zero-order chi connectivity index (χ0) is 25.7. The lowest BCUT2D eigenvalue weighted by Crippen LogP contribution is -2.33. The van der Waals surface area contributed by atoms with E-state index in [1.54, 1.807) is 12.1 Å². The fourth-order valence-corrected chi connectivity index (χ4v) is 9.02. The maximum atomic E-state index is 13.0. The summed E-state index contributed by atoms with van der Waals surface area (Å²) in [6, 6.07) is 11.1. The highest BCUT2D eigenvalue weighted by Crippen LogP contribution is 2.51. The predicted octanol–water partition coefficient (Wildman–Crippen LogP) is 8.88. The molecule has 0 spiro atoms. The number of hydrogen-bond acceptors (Lipinski definition) is 4. The lowest BCUT2D eigenvalue weighted by Gasteiger charge is -2.31. The normalized spacial score (nSPS) is 17.7. The van der Waals surface area contributed by atoms with Gasteiger partial charge in [0.15, 0.2) is 4.75 Å². The predicted molar refractivity (Wildman–Crippen MR) is 151 cm³/mol. The molecule has 0 amide bonds. The fourth-order valence-electron chi connectivity index (χ4n) is 5.70. The topological polar surface area (TPSA) is 74.6 Å². The van der Waals surface area contributed by atoms with Crippen molar-refractivity contribution in [3.05, 3.63) is 68.7 Å². The highest BCUT2D eigenvalue weighted by molar-refractivity contribution is 8.77. The molecular weight excluding hydrogens is 535 g/mol. The zero-order valence-corrected chi connectivity index (χ0v) is 23.3. The first-order valence-electron chi connectivity index (χ1n) is 12.7. The maximum absolute atomic E-state index is 13.0. The molecule has 4 rings (SSSR count). The Morgan fingerprint density at radius 1 is 0.778 bits per heavy atom. The first kappa shape index (κ1) is 27.7. The van der Waals surface area contributed by atoms with Crippen molar-refractivity contribution in [1.82, 2.24) is 0 Å². The quantitative estimate of drug-likeness (QED) is 0.295. The van der Waals surface area contributed by atoms with Crippen LogP contribution in [0.15, 0.2) is 36.4 Å². The van der Waals surface area contributed by atoms with Crippen LogP contribution in [0.25, 0.3) is 0 Å². The Kier molecular flexibility index (Phi) is 9.59. The molecule has 2 aliphatic rings. The molecule has 194 valence electrons. The van der Waals surface area contributed by atoms with Crippen molar-refractivity contribution in [1.29, 1.82) is 0 Å². The van der Waals surface area contributed by atoms with Crippen LogP contribution in [0.2, 0.25) is 10.0 Å². The number of rotatable bonds is 9. The van der Waals surface area contributed by atoms with Crippen molar-refractivity contribution < 1.29 is 19.8 Å². The number of carbonyl (C=O) groups is 2. The largest absolute Gasteiger partial charge is 0.481 e. The summed E-state index contributed by atoms with van der Waals surface area (Å²) in [7, 11) is 2.04. The van der Waals surface area contributed by atoms with Crippen LogP contribution in [0, 0.1) is 0 Å². The summed E-state index contributed by atoms with van der Waals surface area (Å²) in [6.45, 7) is 0. The zero-order valence-electron chi connectivity index (χ0n) is 20.2. The van der Waals surface area contributed by atoms with Gasteiger partial charge >= 0.3 is 11.9 Å². The smallest absolute Gasteiger partial charge is 0.329 e. The fraction of sp³-hybridized carbons (Fsp3) is 0.500. The molecule has 8 heteroatoms. The number of carboxylic acids is 2. The summed E-state index contributed by atoms with van der Waals surface area (Å²) in [5.74, 6) is -1.52. The van der Waals surface area contributed by atoms with E-state index in [-0.39, 0.29) is 5.75 Å². The molecule has 0 heterocycles. The number of carboxylic acid groups (broad SMARTS) is 2. The van der Waals surface area contributed by atoms with E-state index < -0.39 is 16.7 Å². The average Bonchev–Trinajstić information content (AvgIpc) is 2.87. The SMILES string of the molecule is O=C(O)CSSC(C(=O)O)(c1ccc(C2CCCCC2)c(Cl)c1)c1ccc(C2CCCCC2)c(Cl)c1. The molecule has 2 aromatic rings. The molecule has 0 unspecified atom stereocenters. The monoisotopic (exact) mass is 566 g/mol. The van der Waals surface area contributed by atoms with Crippen LogP contribution in [0.1, 0.15) is 98.3 Å². The Morgan fingerprint density at radius 3 is 1.58 bits per heavy atom. The first-order valence-corrected chi connectivity index (χ1v) is 15.8. The van der Waals surface area contributed by atoms with E-state index in [0.717, 1.165) is 58.4 Å². The minimum Gasteiger partial charge on any atom is -0.481 e. The van der Waals surface area contributed by atoms with Crippen LogP contribution >= 0.6 is 44.8 Å². The molecule has 2 fully saturated rings. The van der Waals surface area contributed by atoms with E-state index >= 15 is 0 Å². The third kappa shape index (κ3) is 6.03. The van der Waals surface area contributed by atoms with Gasteiger partial charge in [-0.2, -0.15) is 0 Å². The van der Waals surface area contributed by atoms with E-state index in [0.29, 0.717) is 33.0 Å². The molecule has 0 aromatic heterocycles. The highest BCUT2D eigenvalue weighted by atomic mass is 35.5. The number of hydrogen-bond donors (Lipinski definition) is 2. The van der Waals surface area contributed by atoms with Gasteiger partial charge in [0.25, 0.3) is 0 Å². The lowest BCUT2D eigenvalue weighted by atomic mass is 9.81. The van der Waals surface area contributed by atoms with Gasteiger partial charge in [-0.05, 0) is 71.9 Å². The Morgan fingerprint density at radius 2 is 1.22 bits per heavy atom. The van der Waals surface area contributed by atoms with Gasteiger partial charge < -0.3 is 10.2 Å². The minimum atomic E-state index is -1.55. The van der Waals surface area contributed by atoms with Crippen molar-refractivity contribution >= 4 is 56.7 Å². The summed E-state index contributed by atoms with van der Waals surface area (Å²) < 4.78 is -1.55. The third-order valence-electron chi connectivity index (χ3n) is 7.57. The summed E-state index contributed by atoms with van der Waals surface area (Å²) in [5, 5.41) is 21.0. The van der Waals surface area contributed by atoms with Crippen molar-refractivity contribution in [2.45, 2.75) is 80.8 Å². The van der Waals surface area contributed by atoms with Gasteiger partial charge in [-0.25, -0.2) is 4.79 Å². The second-order valence-electron chi connectivity index (χ2n) is 9.87. The molecule has 0 saturated heterocycles. The van der Waals surface area contributed by atoms with Crippen LogP contribution in [0.3, 0.4) is 0 Å². The van der Waals surface area contributed by atoms with Gasteiger partial charge in [-0.15, -0.1) is 0 Å². The molecule has 0 atom stereocenters. The summed E-state index contributed by atoms with van der Waals surface area (Å²) >= 11 is 13.5. The number of benzene rings is 2. The van der Waals surface area contributed by atoms with E-state index in [2.05, 4.69) is 0 Å². The van der Waals surface area contributed by atoms with E-state index in [1.807, 2.05) is 24.3 Å². The second kappa shape index (κ2) is 12.5. The molecule has 2 aliphatic carbocycles. The Labute approximate surface area is 230 Å². The second-order valence-corrected chi connectivity index (χ2v) is 13.2. The van der Waals surface area contributed by atoms with Crippen molar-refractivity contribution in [2.75, 3.05) is 5.75 Å². The Bertz CT molecular complexity index is 1030. The molecule has 0 radical (unpaired) electrons. The third-order valence-corrected chi connectivity index (χ3v) is 11.1. The molecule has 0 bridgehead atoms. The van der Waals surface area contributed by atoms with E-state index in [4.69, 9.17) is 23.2 Å². The van der Waals surface area contributed by atoms with E-state index in [9.17, 15) is 19.8 Å². The lowest BCUT2D eigenvalue weighted by molar-refractivity contribution is -0.139. The standard InChI is InChI=1S/C28H32Cl2O4S2/c29-24-15-20(11-13-22(24)18-7-3-1-4-8-18)28(27(33)34,36-35-17-26(31)32)21-12-14-23(25(30)16-21)19-9-5-2-6-10-19/h11-16,18-19H,1-10,17H2,(H,31,32)(H,33,34). The van der Waals surface area contributed by atoms with E-state index in [1.165, 1.54) is 38.5 Å². The molecule has 4 nitrogen and oxygen atoms in total. The highest BCUT2D eigenvalue weighted by Gasteiger charge is 2.45. The molecule has 0 aliphatic heterocycles. The maximum Gasteiger partial charge on any atom is 0.329 e.